The van der Waals surface area contributed by atoms with Gasteiger partial charge in [-0.25, -0.2) is 14.4 Å². The van der Waals surface area contributed by atoms with Crippen molar-refractivity contribution < 1.29 is 22.4 Å². The zero-order chi connectivity index (χ0) is 28.9. The van der Waals surface area contributed by atoms with Crippen molar-refractivity contribution in [2.45, 2.75) is 36.5 Å². The highest BCUT2D eigenvalue weighted by atomic mass is 32.2. The van der Waals surface area contributed by atoms with E-state index >= 15 is 0 Å². The van der Waals surface area contributed by atoms with Gasteiger partial charge in [0, 0.05) is 36.1 Å². The molecule has 1 aromatic heterocycles. The van der Waals surface area contributed by atoms with Crippen molar-refractivity contribution in [3.63, 3.8) is 0 Å². The highest BCUT2D eigenvalue weighted by molar-refractivity contribution is 7.97. The van der Waals surface area contributed by atoms with Gasteiger partial charge in [0.2, 0.25) is 5.91 Å². The third-order valence-corrected chi connectivity index (χ3v) is 7.04. The molecule has 5 N–H and O–H groups in total. The van der Waals surface area contributed by atoms with Crippen LogP contribution in [0, 0.1) is 11.2 Å². The third kappa shape index (κ3) is 7.16. The van der Waals surface area contributed by atoms with E-state index in [0.29, 0.717) is 36.1 Å². The molecule has 2 aromatic carbocycles. The number of carbonyl (C=O) groups excluding carboxylic acids is 1. The molecular weight excluding hydrogens is 546 g/mol. The van der Waals surface area contributed by atoms with Gasteiger partial charge in [-0.05, 0) is 54.6 Å². The summed E-state index contributed by atoms with van der Waals surface area (Å²) >= 11 is 0.887. The van der Waals surface area contributed by atoms with Crippen LogP contribution >= 0.6 is 11.9 Å². The number of nitrogens with one attached hydrogen (secondary N) is 3. The molecule has 4 rings (SSSR count). The largest absolute Gasteiger partial charge is 0.416 e. The number of aromatic nitrogens is 2. The number of benzene rings is 2. The molecule has 1 amide bonds. The van der Waals surface area contributed by atoms with Crippen molar-refractivity contribution in [2.75, 3.05) is 24.1 Å². The molecule has 8 nitrogen and oxygen atoms in total. The first kappa shape index (κ1) is 29.0. The Morgan fingerprint density at radius 2 is 1.98 bits per heavy atom. The standard InChI is InChI=1S/C27H27F4N7OS/c1-2-22(39)38-9-3-4-20(14-38)37-26-23(25(33)34-15-35-26)24(32)17-7-5-16(6-8-17)13-36-40-21-11-18(27(29,30)31)10-19(28)12-21/h2,5-8,10-12,15,20,32,36H,1,3-4,9,13-14H2,(H3,33,34,35,37). The maximum atomic E-state index is 13.6. The van der Waals surface area contributed by atoms with Gasteiger partial charge in [-0.2, -0.15) is 13.2 Å². The van der Waals surface area contributed by atoms with Crippen molar-refractivity contribution in [1.29, 1.82) is 5.41 Å². The average molecular weight is 574 g/mol. The summed E-state index contributed by atoms with van der Waals surface area (Å²) in [7, 11) is 0. The highest BCUT2D eigenvalue weighted by Gasteiger charge is 2.31. The van der Waals surface area contributed by atoms with Gasteiger partial charge in [0.15, 0.2) is 0 Å². The van der Waals surface area contributed by atoms with Crippen LogP contribution in [-0.4, -0.2) is 45.6 Å². The Morgan fingerprint density at radius 1 is 1.23 bits per heavy atom. The summed E-state index contributed by atoms with van der Waals surface area (Å²) in [6, 6.07) is 9.23. The van der Waals surface area contributed by atoms with Gasteiger partial charge >= 0.3 is 6.18 Å². The van der Waals surface area contributed by atoms with Crippen LogP contribution in [-0.2, 0) is 17.5 Å². The molecule has 1 saturated heterocycles. The zero-order valence-corrected chi connectivity index (χ0v) is 22.1. The Balaban J connectivity index is 1.41. The number of anilines is 2. The van der Waals surface area contributed by atoms with Crippen molar-refractivity contribution in [3.8, 4) is 0 Å². The minimum atomic E-state index is -4.64. The number of nitrogens with zero attached hydrogens (tertiary/aromatic N) is 3. The number of halogens is 4. The van der Waals surface area contributed by atoms with Gasteiger partial charge in [0.25, 0.3) is 0 Å². The molecule has 0 aliphatic carbocycles. The molecule has 1 atom stereocenters. The first-order valence-electron chi connectivity index (χ1n) is 12.3. The Bertz CT molecular complexity index is 1400. The highest BCUT2D eigenvalue weighted by Crippen LogP contribution is 2.32. The maximum absolute atomic E-state index is 13.6. The molecule has 0 radical (unpaired) electrons. The van der Waals surface area contributed by atoms with E-state index in [-0.39, 0.29) is 34.9 Å². The first-order valence-corrected chi connectivity index (χ1v) is 13.1. The Labute approximate surface area is 232 Å². The summed E-state index contributed by atoms with van der Waals surface area (Å²) in [4.78, 5) is 22.2. The van der Waals surface area contributed by atoms with Crippen LogP contribution in [0.2, 0.25) is 0 Å². The fourth-order valence-electron chi connectivity index (χ4n) is 4.29. The minimum absolute atomic E-state index is 0.0882. The normalized spacial score (nSPS) is 15.5. The molecular formula is C27H27F4N7OS. The van der Waals surface area contributed by atoms with Crippen LogP contribution < -0.4 is 15.8 Å². The van der Waals surface area contributed by atoms with Gasteiger partial charge in [-0.3, -0.25) is 14.9 Å². The van der Waals surface area contributed by atoms with Crippen molar-refractivity contribution in [2.24, 2.45) is 0 Å². The van der Waals surface area contributed by atoms with Gasteiger partial charge in [-0.15, -0.1) is 0 Å². The lowest BCUT2D eigenvalue weighted by atomic mass is 10.0. The lowest BCUT2D eigenvalue weighted by Crippen LogP contribution is -2.44. The summed E-state index contributed by atoms with van der Waals surface area (Å²) in [6.45, 7) is 4.94. The van der Waals surface area contributed by atoms with E-state index in [4.69, 9.17) is 11.1 Å². The Kier molecular flexibility index (Phi) is 9.05. The Hall–Kier alpha value is -3.97. The maximum Gasteiger partial charge on any atom is 0.416 e. The van der Waals surface area contributed by atoms with Crippen LogP contribution in [0.3, 0.4) is 0 Å². The van der Waals surface area contributed by atoms with Crippen LogP contribution in [0.25, 0.3) is 0 Å². The molecule has 0 saturated carbocycles. The SMILES string of the molecule is C=CC(=O)N1CCCC(Nc2ncnc(N)c2C(=N)c2ccc(CNSc3cc(F)cc(C(F)(F)F)c3)cc2)C1. The quantitative estimate of drug-likeness (QED) is 0.123. The summed E-state index contributed by atoms with van der Waals surface area (Å²) < 4.78 is 55.4. The molecule has 1 aliphatic rings. The molecule has 1 unspecified atom stereocenters. The van der Waals surface area contributed by atoms with Crippen LogP contribution in [0.15, 0.2) is 66.3 Å². The monoisotopic (exact) mass is 573 g/mol. The van der Waals surface area contributed by atoms with Crippen LogP contribution in [0.4, 0.5) is 29.2 Å². The van der Waals surface area contributed by atoms with Crippen LogP contribution in [0.1, 0.15) is 35.1 Å². The van der Waals surface area contributed by atoms with E-state index in [1.165, 1.54) is 12.4 Å². The van der Waals surface area contributed by atoms with Gasteiger partial charge in [0.05, 0.1) is 16.8 Å². The molecule has 2 heterocycles. The van der Waals surface area contributed by atoms with Crippen molar-refractivity contribution in [1.82, 2.24) is 19.6 Å². The van der Waals surface area contributed by atoms with E-state index < -0.39 is 17.6 Å². The number of amides is 1. The van der Waals surface area contributed by atoms with Gasteiger partial charge < -0.3 is 16.0 Å². The number of hydrogen-bond acceptors (Lipinski definition) is 8. The lowest BCUT2D eigenvalue weighted by Gasteiger charge is -2.33. The van der Waals surface area contributed by atoms with Gasteiger partial charge in [-0.1, -0.05) is 30.8 Å². The second-order valence-corrected chi connectivity index (χ2v) is 10.1. The molecule has 1 aliphatic heterocycles. The third-order valence-electron chi connectivity index (χ3n) is 6.28. The fourth-order valence-corrected chi connectivity index (χ4v) is 5.06. The number of likely N-dealkylation sites (tertiary alicyclic amines) is 1. The predicted molar refractivity (Wildman–Crippen MR) is 146 cm³/mol. The molecule has 0 spiro atoms. The number of nitrogens with two attached hydrogens (primary N) is 1. The van der Waals surface area contributed by atoms with E-state index in [1.807, 2.05) is 0 Å². The molecule has 3 aromatic rings. The average Bonchev–Trinajstić information content (AvgIpc) is 2.92. The molecule has 1 fully saturated rings. The molecule has 0 bridgehead atoms. The number of rotatable bonds is 9. The van der Waals surface area contributed by atoms with Gasteiger partial charge in [0.1, 0.15) is 23.8 Å². The summed E-state index contributed by atoms with van der Waals surface area (Å²) in [6.07, 6.45) is -0.422. The lowest BCUT2D eigenvalue weighted by molar-refractivity contribution is -0.138. The second-order valence-electron chi connectivity index (χ2n) is 9.12. The molecule has 13 heteroatoms. The smallest absolute Gasteiger partial charge is 0.383 e. The Morgan fingerprint density at radius 3 is 2.67 bits per heavy atom. The van der Waals surface area contributed by atoms with E-state index in [9.17, 15) is 22.4 Å². The first-order chi connectivity index (χ1) is 19.0. The fraction of sp³-hybridized carbons (Fsp3) is 0.259. The summed E-state index contributed by atoms with van der Waals surface area (Å²) in [5.41, 5.74) is 6.87. The topological polar surface area (TPSA) is 120 Å². The number of carbonyl (C=O) groups is 1. The van der Waals surface area contributed by atoms with Crippen molar-refractivity contribution in [3.05, 3.63) is 89.5 Å². The van der Waals surface area contributed by atoms with E-state index in [0.717, 1.165) is 42.5 Å². The number of alkyl halides is 3. The van der Waals surface area contributed by atoms with Crippen LogP contribution in [0.5, 0.6) is 0 Å². The predicted octanol–water partition coefficient (Wildman–Crippen LogP) is 5.02. The molecule has 40 heavy (non-hydrogen) atoms. The van der Waals surface area contributed by atoms with E-state index in [2.05, 4.69) is 26.6 Å². The number of piperidine rings is 1. The zero-order valence-electron chi connectivity index (χ0n) is 21.3. The molecule has 210 valence electrons. The second kappa shape index (κ2) is 12.5. The van der Waals surface area contributed by atoms with E-state index in [1.54, 1.807) is 29.2 Å². The number of hydrogen-bond donors (Lipinski definition) is 4. The number of nitrogen functional groups attached to an aromatic ring is 1. The van der Waals surface area contributed by atoms with Crippen molar-refractivity contribution >= 4 is 35.2 Å². The minimum Gasteiger partial charge on any atom is -0.383 e. The summed E-state index contributed by atoms with van der Waals surface area (Å²) in [5.74, 6) is -0.582. The summed E-state index contributed by atoms with van der Waals surface area (Å²) in [5, 5.41) is 12.1.